The van der Waals surface area contributed by atoms with E-state index in [1.54, 1.807) is 12.1 Å². The van der Waals surface area contributed by atoms with Gasteiger partial charge in [-0.1, -0.05) is 0 Å². The van der Waals surface area contributed by atoms with Crippen molar-refractivity contribution in [2.24, 2.45) is 0 Å². The van der Waals surface area contributed by atoms with Gasteiger partial charge in [-0.2, -0.15) is 0 Å². The number of nitrogens with zero attached hydrogens (tertiary/aromatic N) is 1. The molecule has 2 rings (SSSR count). The fourth-order valence-corrected chi connectivity index (χ4v) is 1.23. The van der Waals surface area contributed by atoms with Gasteiger partial charge >= 0.3 is 5.69 Å². The summed E-state index contributed by atoms with van der Waals surface area (Å²) in [6.07, 6.45) is 2.10. The van der Waals surface area contributed by atoms with Gasteiger partial charge in [0.25, 0.3) is 0 Å². The van der Waals surface area contributed by atoms with E-state index in [-0.39, 0.29) is 11.8 Å². The van der Waals surface area contributed by atoms with Crippen LogP contribution in [0.4, 0.5) is 5.69 Å². The van der Waals surface area contributed by atoms with Crippen LogP contribution >= 0.6 is 0 Å². The van der Waals surface area contributed by atoms with Crippen LogP contribution in [0.2, 0.25) is 0 Å². The Labute approximate surface area is 86.8 Å². The molecule has 1 aliphatic rings. The molecule has 1 aromatic rings. The minimum absolute atomic E-state index is 0.0405. The third-order valence-electron chi connectivity index (χ3n) is 2.18. The topological polar surface area (TPSA) is 61.6 Å². The van der Waals surface area contributed by atoms with Crippen molar-refractivity contribution in [2.45, 2.75) is 18.9 Å². The molecule has 5 heteroatoms. The van der Waals surface area contributed by atoms with Gasteiger partial charge in [-0.15, -0.1) is 0 Å². The van der Waals surface area contributed by atoms with Crippen molar-refractivity contribution in [3.8, 4) is 11.5 Å². The fourth-order valence-electron chi connectivity index (χ4n) is 1.23. The van der Waals surface area contributed by atoms with Crippen LogP contribution in [0.5, 0.6) is 11.5 Å². The second-order valence-electron chi connectivity index (χ2n) is 3.41. The van der Waals surface area contributed by atoms with Gasteiger partial charge < -0.3 is 9.47 Å². The highest BCUT2D eigenvalue weighted by Gasteiger charge is 2.27. The van der Waals surface area contributed by atoms with Gasteiger partial charge in [-0.05, 0) is 25.0 Å². The Balaban J connectivity index is 2.29. The number of ether oxygens (including phenoxy) is 2. The van der Waals surface area contributed by atoms with Crippen LogP contribution in [0, 0.1) is 10.1 Å². The summed E-state index contributed by atoms with van der Waals surface area (Å²) in [5.41, 5.74) is -0.0405. The number of hydrogen-bond donors (Lipinski definition) is 0. The molecule has 15 heavy (non-hydrogen) atoms. The van der Waals surface area contributed by atoms with Crippen molar-refractivity contribution in [2.75, 3.05) is 7.11 Å². The van der Waals surface area contributed by atoms with E-state index in [0.29, 0.717) is 11.5 Å². The Bertz CT molecular complexity index is 387. The molecule has 0 amide bonds. The Kier molecular flexibility index (Phi) is 2.45. The minimum atomic E-state index is -0.458. The molecule has 5 nitrogen and oxygen atoms in total. The van der Waals surface area contributed by atoms with Crippen molar-refractivity contribution in [1.82, 2.24) is 0 Å². The van der Waals surface area contributed by atoms with Crippen molar-refractivity contribution in [3.05, 3.63) is 28.3 Å². The van der Waals surface area contributed by atoms with E-state index in [1.807, 2.05) is 0 Å². The van der Waals surface area contributed by atoms with E-state index < -0.39 is 4.92 Å². The predicted octanol–water partition coefficient (Wildman–Crippen LogP) is 2.14. The molecule has 0 atom stereocenters. The molecule has 1 saturated carbocycles. The highest BCUT2D eigenvalue weighted by molar-refractivity contribution is 5.51. The van der Waals surface area contributed by atoms with E-state index in [0.717, 1.165) is 12.8 Å². The number of hydrogen-bond acceptors (Lipinski definition) is 4. The van der Waals surface area contributed by atoms with E-state index >= 15 is 0 Å². The Morgan fingerprint density at radius 2 is 2.20 bits per heavy atom. The monoisotopic (exact) mass is 209 g/mol. The van der Waals surface area contributed by atoms with E-state index in [2.05, 4.69) is 0 Å². The summed E-state index contributed by atoms with van der Waals surface area (Å²) in [6, 6.07) is 4.61. The predicted molar refractivity (Wildman–Crippen MR) is 53.3 cm³/mol. The van der Waals surface area contributed by atoms with Crippen molar-refractivity contribution in [1.29, 1.82) is 0 Å². The first-order valence-corrected chi connectivity index (χ1v) is 4.70. The van der Waals surface area contributed by atoms with Crippen LogP contribution in [-0.2, 0) is 0 Å². The summed E-state index contributed by atoms with van der Waals surface area (Å²) in [4.78, 5) is 10.3. The fraction of sp³-hybridized carbons (Fsp3) is 0.400. The summed E-state index contributed by atoms with van der Waals surface area (Å²) in [6.45, 7) is 0. The summed E-state index contributed by atoms with van der Waals surface area (Å²) in [5, 5.41) is 10.8. The molecule has 0 aliphatic heterocycles. The molecule has 1 aromatic carbocycles. The number of benzene rings is 1. The van der Waals surface area contributed by atoms with Crippen LogP contribution in [0.3, 0.4) is 0 Å². The standard InChI is InChI=1S/C10H11NO4/c1-14-8-4-5-10(15-7-2-3-7)9(6-8)11(12)13/h4-7H,2-3H2,1H3. The molecule has 0 heterocycles. The second kappa shape index (κ2) is 3.76. The minimum Gasteiger partial charge on any atom is -0.496 e. The maximum Gasteiger partial charge on any atom is 0.314 e. The maximum atomic E-state index is 10.8. The molecule has 0 saturated heterocycles. The van der Waals surface area contributed by atoms with Gasteiger partial charge in [0.15, 0.2) is 5.75 Å². The van der Waals surface area contributed by atoms with Crippen LogP contribution in [0.1, 0.15) is 12.8 Å². The van der Waals surface area contributed by atoms with Gasteiger partial charge in [-0.25, -0.2) is 0 Å². The lowest BCUT2D eigenvalue weighted by Crippen LogP contribution is -2.00. The third-order valence-corrected chi connectivity index (χ3v) is 2.18. The van der Waals surface area contributed by atoms with E-state index in [4.69, 9.17) is 9.47 Å². The Morgan fingerprint density at radius 3 is 2.73 bits per heavy atom. The Morgan fingerprint density at radius 1 is 1.47 bits per heavy atom. The molecule has 1 fully saturated rings. The summed E-state index contributed by atoms with van der Waals surface area (Å²) < 4.78 is 10.3. The van der Waals surface area contributed by atoms with Gasteiger partial charge in [0.05, 0.1) is 24.2 Å². The highest BCUT2D eigenvalue weighted by Crippen LogP contribution is 2.35. The number of methoxy groups -OCH3 is 1. The summed E-state index contributed by atoms with van der Waals surface area (Å²) >= 11 is 0. The van der Waals surface area contributed by atoms with E-state index in [9.17, 15) is 10.1 Å². The molecule has 80 valence electrons. The highest BCUT2D eigenvalue weighted by atomic mass is 16.6. The first-order chi connectivity index (χ1) is 7.20. The van der Waals surface area contributed by atoms with Crippen molar-refractivity contribution < 1.29 is 14.4 Å². The smallest absolute Gasteiger partial charge is 0.314 e. The van der Waals surface area contributed by atoms with Gasteiger partial charge in [0.1, 0.15) is 5.75 Å². The molecule has 0 unspecified atom stereocenters. The van der Waals surface area contributed by atoms with Crippen molar-refractivity contribution in [3.63, 3.8) is 0 Å². The first-order valence-electron chi connectivity index (χ1n) is 4.70. The lowest BCUT2D eigenvalue weighted by atomic mass is 10.3. The lowest BCUT2D eigenvalue weighted by molar-refractivity contribution is -0.386. The second-order valence-corrected chi connectivity index (χ2v) is 3.41. The number of nitro benzene ring substituents is 1. The molecular weight excluding hydrogens is 198 g/mol. The van der Waals surface area contributed by atoms with Gasteiger partial charge in [-0.3, -0.25) is 10.1 Å². The van der Waals surface area contributed by atoms with Gasteiger partial charge in [0, 0.05) is 0 Å². The lowest BCUT2D eigenvalue weighted by Gasteiger charge is -2.06. The molecule has 1 aliphatic carbocycles. The number of rotatable bonds is 4. The maximum absolute atomic E-state index is 10.8. The zero-order valence-electron chi connectivity index (χ0n) is 8.30. The molecule has 0 radical (unpaired) electrons. The van der Waals surface area contributed by atoms with Crippen LogP contribution in [-0.4, -0.2) is 18.1 Å². The van der Waals surface area contributed by atoms with E-state index in [1.165, 1.54) is 13.2 Å². The summed E-state index contributed by atoms with van der Waals surface area (Å²) in [7, 11) is 1.47. The summed E-state index contributed by atoms with van der Waals surface area (Å²) in [5.74, 6) is 0.785. The SMILES string of the molecule is COc1ccc(OC2CC2)c([N+](=O)[O-])c1. The molecule has 0 spiro atoms. The molecule has 0 aromatic heterocycles. The van der Waals surface area contributed by atoms with Crippen LogP contribution < -0.4 is 9.47 Å². The average Bonchev–Trinajstić information content (AvgIpc) is 3.02. The van der Waals surface area contributed by atoms with Crippen molar-refractivity contribution >= 4 is 5.69 Å². The first kappa shape index (κ1) is 9.76. The van der Waals surface area contributed by atoms with Gasteiger partial charge in [0.2, 0.25) is 0 Å². The molecule has 0 N–H and O–H groups in total. The zero-order valence-corrected chi connectivity index (χ0v) is 8.30. The largest absolute Gasteiger partial charge is 0.496 e. The zero-order chi connectivity index (χ0) is 10.8. The molecular formula is C10H11NO4. The third kappa shape index (κ3) is 2.18. The average molecular weight is 209 g/mol. The quantitative estimate of drug-likeness (QED) is 0.563. The number of nitro groups is 1. The van der Waals surface area contributed by atoms with Crippen LogP contribution in [0.25, 0.3) is 0 Å². The molecule has 0 bridgehead atoms. The van der Waals surface area contributed by atoms with Crippen LogP contribution in [0.15, 0.2) is 18.2 Å². The normalized spacial score (nSPS) is 14.7. The Hall–Kier alpha value is -1.78.